The van der Waals surface area contributed by atoms with Crippen LogP contribution in [0.1, 0.15) is 56.1 Å². The molecule has 3 aliphatic rings. The molecule has 0 radical (unpaired) electrons. The summed E-state index contributed by atoms with van der Waals surface area (Å²) < 4.78 is 5.32. The van der Waals surface area contributed by atoms with Crippen LogP contribution in [0.4, 0.5) is 0 Å². The van der Waals surface area contributed by atoms with Gasteiger partial charge in [-0.15, -0.1) is 0 Å². The Bertz CT molecular complexity index is 682. The number of carboxylic acid groups (broad SMARTS) is 1. The van der Waals surface area contributed by atoms with Crippen LogP contribution in [-0.4, -0.2) is 23.3 Å². The van der Waals surface area contributed by atoms with Gasteiger partial charge in [0.05, 0.1) is 13.0 Å². The van der Waals surface area contributed by atoms with E-state index in [1.165, 1.54) is 11.1 Å². The van der Waals surface area contributed by atoms with Crippen LogP contribution in [0.5, 0.6) is 11.5 Å². The molecular weight excluding hydrogens is 304 g/mol. The zero-order valence-electron chi connectivity index (χ0n) is 14.4. The Morgan fingerprint density at radius 1 is 1.25 bits per heavy atom. The summed E-state index contributed by atoms with van der Waals surface area (Å²) in [6, 6.07) is 3.89. The lowest BCUT2D eigenvalue weighted by Crippen LogP contribution is -2.44. The van der Waals surface area contributed by atoms with E-state index in [1.54, 1.807) is 7.11 Å². The van der Waals surface area contributed by atoms with Crippen molar-refractivity contribution in [2.24, 2.45) is 23.2 Å². The SMILES string of the molecule is COc1cc2c(cc1O)CC[C@@H]1[C@@H]2CC[C@]2(C)[C@@H](C(=O)O)CC[C@@H]12. The van der Waals surface area contributed by atoms with Gasteiger partial charge in [-0.2, -0.15) is 0 Å². The van der Waals surface area contributed by atoms with Gasteiger partial charge in [0.25, 0.3) is 0 Å². The summed E-state index contributed by atoms with van der Waals surface area (Å²) in [7, 11) is 1.59. The summed E-state index contributed by atoms with van der Waals surface area (Å²) in [5.41, 5.74) is 2.51. The zero-order valence-corrected chi connectivity index (χ0v) is 14.4. The molecule has 0 spiro atoms. The molecule has 0 amide bonds. The van der Waals surface area contributed by atoms with Crippen molar-refractivity contribution in [2.75, 3.05) is 7.11 Å². The second kappa shape index (κ2) is 5.40. The van der Waals surface area contributed by atoms with Gasteiger partial charge in [-0.05, 0) is 85.0 Å². The molecule has 4 heteroatoms. The van der Waals surface area contributed by atoms with Gasteiger partial charge in [0.1, 0.15) is 0 Å². The average Bonchev–Trinajstić information content (AvgIpc) is 2.91. The molecule has 4 rings (SSSR count). The van der Waals surface area contributed by atoms with Crippen LogP contribution >= 0.6 is 0 Å². The largest absolute Gasteiger partial charge is 0.504 e. The number of phenolic OH excluding ortho intramolecular Hbond substituents is 1. The number of methoxy groups -OCH3 is 1. The smallest absolute Gasteiger partial charge is 0.307 e. The van der Waals surface area contributed by atoms with Crippen molar-refractivity contribution in [1.29, 1.82) is 0 Å². The molecule has 0 saturated heterocycles. The summed E-state index contributed by atoms with van der Waals surface area (Å²) in [5, 5.41) is 19.7. The Morgan fingerprint density at radius 3 is 2.75 bits per heavy atom. The van der Waals surface area contributed by atoms with Crippen molar-refractivity contribution in [2.45, 2.75) is 51.4 Å². The topological polar surface area (TPSA) is 66.8 Å². The van der Waals surface area contributed by atoms with E-state index in [9.17, 15) is 15.0 Å². The number of hydrogen-bond donors (Lipinski definition) is 2. The Balaban J connectivity index is 1.70. The molecule has 24 heavy (non-hydrogen) atoms. The standard InChI is InChI=1S/C20H26O4/c1-20-8-7-12-13(15(20)5-6-16(20)19(22)23)4-3-11-9-17(21)18(24-2)10-14(11)12/h9-10,12-13,15-16,21H,3-8H2,1-2H3,(H,22,23)/t12-,13+,15-,16+,20-/m0/s1. The number of rotatable bonds is 2. The van der Waals surface area contributed by atoms with E-state index in [2.05, 4.69) is 6.92 Å². The van der Waals surface area contributed by atoms with Gasteiger partial charge < -0.3 is 14.9 Å². The first-order valence-corrected chi connectivity index (χ1v) is 9.08. The third-order valence-corrected chi connectivity index (χ3v) is 7.32. The molecule has 0 unspecified atom stereocenters. The molecule has 0 aliphatic heterocycles. The fraction of sp³-hybridized carbons (Fsp3) is 0.650. The van der Waals surface area contributed by atoms with E-state index >= 15 is 0 Å². The van der Waals surface area contributed by atoms with E-state index in [4.69, 9.17) is 4.74 Å². The maximum Gasteiger partial charge on any atom is 0.307 e. The summed E-state index contributed by atoms with van der Waals surface area (Å²) in [5.74, 6) is 1.54. The second-order valence-corrected chi connectivity index (χ2v) is 8.15. The van der Waals surface area contributed by atoms with Crippen molar-refractivity contribution in [3.05, 3.63) is 23.3 Å². The molecule has 0 heterocycles. The highest BCUT2D eigenvalue weighted by molar-refractivity contribution is 5.71. The highest BCUT2D eigenvalue weighted by Crippen LogP contribution is 2.63. The summed E-state index contributed by atoms with van der Waals surface area (Å²) in [6.45, 7) is 2.21. The monoisotopic (exact) mass is 330 g/mol. The number of carboxylic acids is 1. The Hall–Kier alpha value is -1.71. The van der Waals surface area contributed by atoms with Crippen molar-refractivity contribution >= 4 is 5.97 Å². The molecule has 130 valence electrons. The number of aryl methyl sites for hydroxylation is 1. The highest BCUT2D eigenvalue weighted by atomic mass is 16.5. The third-order valence-electron chi connectivity index (χ3n) is 7.32. The first kappa shape index (κ1) is 15.8. The number of ether oxygens (including phenoxy) is 1. The molecule has 1 aromatic rings. The molecule has 1 aromatic carbocycles. The molecule has 0 bridgehead atoms. The zero-order chi connectivity index (χ0) is 17.1. The van der Waals surface area contributed by atoms with Gasteiger partial charge >= 0.3 is 5.97 Å². The quantitative estimate of drug-likeness (QED) is 0.861. The number of phenols is 1. The van der Waals surface area contributed by atoms with Crippen LogP contribution in [0, 0.1) is 23.2 Å². The van der Waals surface area contributed by atoms with Gasteiger partial charge in [0, 0.05) is 0 Å². The average molecular weight is 330 g/mol. The molecule has 5 atom stereocenters. The molecule has 2 N–H and O–H groups in total. The van der Waals surface area contributed by atoms with Crippen LogP contribution in [0.25, 0.3) is 0 Å². The third kappa shape index (κ3) is 2.08. The first-order chi connectivity index (χ1) is 11.5. The number of fused-ring (bicyclic) bond motifs is 5. The predicted octanol–water partition coefficient (Wildman–Crippen LogP) is 3.96. The van der Waals surface area contributed by atoms with Crippen LogP contribution in [-0.2, 0) is 11.2 Å². The molecule has 0 aromatic heterocycles. The van der Waals surface area contributed by atoms with Gasteiger partial charge in [0.15, 0.2) is 11.5 Å². The van der Waals surface area contributed by atoms with Crippen LogP contribution < -0.4 is 4.74 Å². The molecule has 2 saturated carbocycles. The fourth-order valence-corrected chi connectivity index (χ4v) is 6.16. The Labute approximate surface area is 142 Å². The molecule has 3 aliphatic carbocycles. The first-order valence-electron chi connectivity index (χ1n) is 9.08. The highest BCUT2D eigenvalue weighted by Gasteiger charge is 2.56. The lowest BCUT2D eigenvalue weighted by Gasteiger charge is -2.50. The molecular formula is C20H26O4. The minimum absolute atomic E-state index is 0.0501. The van der Waals surface area contributed by atoms with E-state index in [1.807, 2.05) is 12.1 Å². The Kier molecular flexibility index (Phi) is 3.55. The van der Waals surface area contributed by atoms with Gasteiger partial charge in [-0.3, -0.25) is 4.79 Å². The van der Waals surface area contributed by atoms with Crippen molar-refractivity contribution < 1.29 is 19.7 Å². The number of hydrogen-bond acceptors (Lipinski definition) is 3. The Morgan fingerprint density at radius 2 is 2.04 bits per heavy atom. The molecule has 2 fully saturated rings. The maximum absolute atomic E-state index is 11.7. The summed E-state index contributed by atoms with van der Waals surface area (Å²) in [4.78, 5) is 11.7. The number of benzene rings is 1. The minimum Gasteiger partial charge on any atom is -0.504 e. The normalized spacial score (nSPS) is 37.2. The predicted molar refractivity (Wildman–Crippen MR) is 90.4 cm³/mol. The van der Waals surface area contributed by atoms with Crippen LogP contribution in [0.3, 0.4) is 0 Å². The maximum atomic E-state index is 11.7. The van der Waals surface area contributed by atoms with Gasteiger partial charge in [-0.1, -0.05) is 6.92 Å². The van der Waals surface area contributed by atoms with Crippen molar-refractivity contribution in [1.82, 2.24) is 0 Å². The molecule has 4 nitrogen and oxygen atoms in total. The van der Waals surface area contributed by atoms with Crippen molar-refractivity contribution in [3.63, 3.8) is 0 Å². The second-order valence-electron chi connectivity index (χ2n) is 8.15. The van der Waals surface area contributed by atoms with Crippen LogP contribution in [0.15, 0.2) is 12.1 Å². The number of aromatic hydroxyl groups is 1. The van der Waals surface area contributed by atoms with Gasteiger partial charge in [0.2, 0.25) is 0 Å². The summed E-state index contributed by atoms with van der Waals surface area (Å²) in [6.07, 6.45) is 5.97. The van der Waals surface area contributed by atoms with E-state index in [-0.39, 0.29) is 17.1 Å². The van der Waals surface area contributed by atoms with E-state index in [0.717, 1.165) is 38.5 Å². The van der Waals surface area contributed by atoms with E-state index in [0.29, 0.717) is 23.5 Å². The van der Waals surface area contributed by atoms with Crippen LogP contribution in [0.2, 0.25) is 0 Å². The van der Waals surface area contributed by atoms with E-state index < -0.39 is 5.97 Å². The lowest BCUT2D eigenvalue weighted by atomic mass is 9.54. The minimum atomic E-state index is -0.610. The fourth-order valence-electron chi connectivity index (χ4n) is 6.16. The number of carbonyl (C=O) groups is 1. The lowest BCUT2D eigenvalue weighted by molar-refractivity contribution is -0.147. The summed E-state index contributed by atoms with van der Waals surface area (Å²) >= 11 is 0. The van der Waals surface area contributed by atoms with Crippen molar-refractivity contribution in [3.8, 4) is 11.5 Å². The van der Waals surface area contributed by atoms with Gasteiger partial charge in [-0.25, -0.2) is 0 Å². The number of aliphatic carboxylic acids is 1.